The highest BCUT2D eigenvalue weighted by Gasteiger charge is 2.24. The number of hydrogen-bond acceptors (Lipinski definition) is 4. The van der Waals surface area contributed by atoms with Gasteiger partial charge in [0.1, 0.15) is 0 Å². The van der Waals surface area contributed by atoms with Gasteiger partial charge in [-0.25, -0.2) is 0 Å². The lowest BCUT2D eigenvalue weighted by atomic mass is 9.97. The SMILES string of the molecule is CCSCCN1CCCC(C(=O)NCCN)C1.Cl. The molecule has 3 N–H and O–H groups in total. The molecule has 0 spiro atoms. The fourth-order valence-electron chi connectivity index (χ4n) is 2.15. The smallest absolute Gasteiger partial charge is 0.224 e. The summed E-state index contributed by atoms with van der Waals surface area (Å²) in [6.07, 6.45) is 2.16. The van der Waals surface area contributed by atoms with Crippen LogP contribution in [0.4, 0.5) is 0 Å². The Morgan fingerprint density at radius 2 is 2.33 bits per heavy atom. The zero-order valence-corrected chi connectivity index (χ0v) is 12.8. The molecule has 4 nitrogen and oxygen atoms in total. The molecule has 1 unspecified atom stereocenters. The molecule has 0 radical (unpaired) electrons. The van der Waals surface area contributed by atoms with Crippen molar-refractivity contribution in [3.8, 4) is 0 Å². The van der Waals surface area contributed by atoms with Gasteiger partial charge < -0.3 is 16.0 Å². The summed E-state index contributed by atoms with van der Waals surface area (Å²) < 4.78 is 0. The molecule has 1 amide bonds. The van der Waals surface area contributed by atoms with Gasteiger partial charge in [0.25, 0.3) is 0 Å². The first-order valence-corrected chi connectivity index (χ1v) is 7.71. The summed E-state index contributed by atoms with van der Waals surface area (Å²) in [5.41, 5.74) is 5.39. The molecule has 1 heterocycles. The van der Waals surface area contributed by atoms with Gasteiger partial charge in [0, 0.05) is 31.9 Å². The van der Waals surface area contributed by atoms with Gasteiger partial charge in [0.2, 0.25) is 5.91 Å². The minimum absolute atomic E-state index is 0. The molecule has 0 aromatic heterocycles. The van der Waals surface area contributed by atoms with E-state index in [4.69, 9.17) is 5.73 Å². The third-order valence-corrected chi connectivity index (χ3v) is 3.96. The van der Waals surface area contributed by atoms with Crippen LogP contribution < -0.4 is 11.1 Å². The van der Waals surface area contributed by atoms with Crippen molar-refractivity contribution < 1.29 is 4.79 Å². The quantitative estimate of drug-likeness (QED) is 0.687. The van der Waals surface area contributed by atoms with Gasteiger partial charge in [-0.2, -0.15) is 11.8 Å². The Labute approximate surface area is 121 Å². The van der Waals surface area contributed by atoms with Gasteiger partial charge in [-0.1, -0.05) is 6.92 Å². The molecule has 1 fully saturated rings. The second kappa shape index (κ2) is 10.9. The number of halogens is 1. The number of piperidine rings is 1. The lowest BCUT2D eigenvalue weighted by molar-refractivity contribution is -0.126. The molecule has 18 heavy (non-hydrogen) atoms. The van der Waals surface area contributed by atoms with E-state index in [2.05, 4.69) is 17.1 Å². The maximum atomic E-state index is 11.8. The van der Waals surface area contributed by atoms with Gasteiger partial charge in [0.05, 0.1) is 5.92 Å². The molecule has 0 bridgehead atoms. The molecule has 1 aliphatic rings. The van der Waals surface area contributed by atoms with E-state index in [1.165, 1.54) is 11.5 Å². The van der Waals surface area contributed by atoms with Gasteiger partial charge >= 0.3 is 0 Å². The van der Waals surface area contributed by atoms with E-state index < -0.39 is 0 Å². The van der Waals surface area contributed by atoms with Gasteiger partial charge in [-0.05, 0) is 25.1 Å². The van der Waals surface area contributed by atoms with Crippen LogP contribution in [0.3, 0.4) is 0 Å². The molecule has 1 atom stereocenters. The van der Waals surface area contributed by atoms with Crippen molar-refractivity contribution in [2.75, 3.05) is 44.2 Å². The third-order valence-electron chi connectivity index (χ3n) is 3.08. The molecule has 1 saturated heterocycles. The van der Waals surface area contributed by atoms with E-state index in [0.29, 0.717) is 13.1 Å². The second-order valence-corrected chi connectivity index (χ2v) is 5.81. The second-order valence-electron chi connectivity index (χ2n) is 4.42. The van der Waals surface area contributed by atoms with Crippen LogP contribution in [0, 0.1) is 5.92 Å². The first-order chi connectivity index (χ1) is 8.27. The van der Waals surface area contributed by atoms with Crippen molar-refractivity contribution in [2.45, 2.75) is 19.8 Å². The normalized spacial score (nSPS) is 20.2. The minimum atomic E-state index is 0. The van der Waals surface area contributed by atoms with Crippen LogP contribution in [0.15, 0.2) is 0 Å². The van der Waals surface area contributed by atoms with Gasteiger partial charge in [-0.3, -0.25) is 4.79 Å². The average Bonchev–Trinajstić information content (AvgIpc) is 2.36. The Morgan fingerprint density at radius 1 is 1.56 bits per heavy atom. The van der Waals surface area contributed by atoms with Crippen LogP contribution in [0.1, 0.15) is 19.8 Å². The Morgan fingerprint density at radius 3 is 3.00 bits per heavy atom. The van der Waals surface area contributed by atoms with Crippen LogP contribution >= 0.6 is 24.2 Å². The van der Waals surface area contributed by atoms with Gasteiger partial charge in [-0.15, -0.1) is 12.4 Å². The number of nitrogens with two attached hydrogens (primary N) is 1. The highest BCUT2D eigenvalue weighted by Crippen LogP contribution is 2.17. The van der Waals surface area contributed by atoms with E-state index in [0.717, 1.165) is 32.5 Å². The number of rotatable bonds is 7. The fraction of sp³-hybridized carbons (Fsp3) is 0.917. The molecular weight excluding hydrogens is 270 g/mol. The summed E-state index contributed by atoms with van der Waals surface area (Å²) in [5, 5.41) is 2.89. The first-order valence-electron chi connectivity index (χ1n) is 6.55. The van der Waals surface area contributed by atoms with Crippen molar-refractivity contribution in [3.63, 3.8) is 0 Å². The molecule has 0 aromatic rings. The standard InChI is InChI=1S/C12H25N3OS.ClH/c1-2-17-9-8-15-7-3-4-11(10-15)12(16)14-6-5-13;/h11H,2-10,13H2,1H3,(H,14,16);1H. The highest BCUT2D eigenvalue weighted by atomic mass is 35.5. The molecule has 0 saturated carbocycles. The third kappa shape index (κ3) is 6.83. The first kappa shape index (κ1) is 18.0. The molecule has 0 aromatic carbocycles. The zero-order chi connectivity index (χ0) is 12.5. The summed E-state index contributed by atoms with van der Waals surface area (Å²) in [5.74, 6) is 2.70. The molecule has 108 valence electrons. The van der Waals surface area contributed by atoms with Crippen molar-refractivity contribution in [2.24, 2.45) is 11.7 Å². The number of carbonyl (C=O) groups is 1. The Kier molecular flexibility index (Phi) is 10.9. The van der Waals surface area contributed by atoms with Crippen LogP contribution in [0.25, 0.3) is 0 Å². The largest absolute Gasteiger partial charge is 0.355 e. The topological polar surface area (TPSA) is 58.4 Å². The van der Waals surface area contributed by atoms with E-state index in [1.54, 1.807) is 0 Å². The van der Waals surface area contributed by atoms with Crippen molar-refractivity contribution in [1.82, 2.24) is 10.2 Å². The molecule has 1 rings (SSSR count). The van der Waals surface area contributed by atoms with Crippen LogP contribution in [-0.2, 0) is 4.79 Å². The predicted octanol–water partition coefficient (Wildman–Crippen LogP) is 0.948. The van der Waals surface area contributed by atoms with Crippen LogP contribution in [0.2, 0.25) is 0 Å². The minimum Gasteiger partial charge on any atom is -0.355 e. The highest BCUT2D eigenvalue weighted by molar-refractivity contribution is 7.99. The number of hydrogen-bond donors (Lipinski definition) is 2. The molecule has 6 heteroatoms. The summed E-state index contributed by atoms with van der Waals surface area (Å²) >= 11 is 1.97. The van der Waals surface area contributed by atoms with Crippen LogP contribution in [-0.4, -0.2) is 55.0 Å². The van der Waals surface area contributed by atoms with Gasteiger partial charge in [0.15, 0.2) is 0 Å². The Bertz CT molecular complexity index is 231. The number of carbonyl (C=O) groups excluding carboxylic acids is 1. The zero-order valence-electron chi connectivity index (χ0n) is 11.2. The molecule has 1 aliphatic heterocycles. The lowest BCUT2D eigenvalue weighted by Gasteiger charge is -2.31. The number of amides is 1. The Hall–Kier alpha value is 0.0300. The Balaban J connectivity index is 0.00000289. The van der Waals surface area contributed by atoms with E-state index in [9.17, 15) is 4.79 Å². The van der Waals surface area contributed by atoms with E-state index in [1.807, 2.05) is 11.8 Å². The number of likely N-dealkylation sites (tertiary alicyclic amines) is 1. The summed E-state index contributed by atoms with van der Waals surface area (Å²) in [7, 11) is 0. The number of thioether (sulfide) groups is 1. The number of nitrogens with one attached hydrogen (secondary N) is 1. The number of nitrogens with zero attached hydrogens (tertiary/aromatic N) is 1. The maximum absolute atomic E-state index is 11.8. The van der Waals surface area contributed by atoms with E-state index >= 15 is 0 Å². The summed E-state index contributed by atoms with van der Waals surface area (Å²) in [6, 6.07) is 0. The molecular formula is C12H26ClN3OS. The van der Waals surface area contributed by atoms with Crippen molar-refractivity contribution >= 4 is 30.1 Å². The lowest BCUT2D eigenvalue weighted by Crippen LogP contribution is -2.44. The fourth-order valence-corrected chi connectivity index (χ4v) is 2.83. The monoisotopic (exact) mass is 295 g/mol. The molecule has 0 aliphatic carbocycles. The average molecular weight is 296 g/mol. The summed E-state index contributed by atoms with van der Waals surface area (Å²) in [4.78, 5) is 14.2. The van der Waals surface area contributed by atoms with Crippen molar-refractivity contribution in [1.29, 1.82) is 0 Å². The predicted molar refractivity (Wildman–Crippen MR) is 81.5 cm³/mol. The summed E-state index contributed by atoms with van der Waals surface area (Å²) in [6.45, 7) is 6.48. The van der Waals surface area contributed by atoms with Crippen LogP contribution in [0.5, 0.6) is 0 Å². The maximum Gasteiger partial charge on any atom is 0.224 e. The van der Waals surface area contributed by atoms with Crippen molar-refractivity contribution in [3.05, 3.63) is 0 Å². The van der Waals surface area contributed by atoms with E-state index in [-0.39, 0.29) is 24.2 Å².